The summed E-state index contributed by atoms with van der Waals surface area (Å²) < 4.78 is 24.1. The van der Waals surface area contributed by atoms with Gasteiger partial charge in [0.2, 0.25) is 10.0 Å². The SMILES string of the molecule is NS(=O)(=O)c1ccc(CCNC(=O)c2ccc(-n3cnnc3)nc2)cc1. The van der Waals surface area contributed by atoms with E-state index in [1.165, 1.54) is 31.0 Å². The number of nitrogens with one attached hydrogen (secondary N) is 1. The molecule has 1 amide bonds. The van der Waals surface area contributed by atoms with Crippen LogP contribution < -0.4 is 10.5 Å². The summed E-state index contributed by atoms with van der Waals surface area (Å²) in [6, 6.07) is 9.59. The predicted molar refractivity (Wildman–Crippen MR) is 93.0 cm³/mol. The van der Waals surface area contributed by atoms with Crippen LogP contribution in [0, 0.1) is 0 Å². The van der Waals surface area contributed by atoms with Crippen LogP contribution in [-0.4, -0.2) is 40.6 Å². The molecule has 0 aliphatic rings. The van der Waals surface area contributed by atoms with Crippen LogP contribution in [0.15, 0.2) is 60.1 Å². The number of benzene rings is 1. The molecule has 0 atom stereocenters. The summed E-state index contributed by atoms with van der Waals surface area (Å²) in [7, 11) is -3.70. The predicted octanol–water partition coefficient (Wildman–Crippen LogP) is 0.282. The minimum atomic E-state index is -3.70. The number of carbonyl (C=O) groups is 1. The molecule has 0 saturated heterocycles. The monoisotopic (exact) mass is 372 g/mol. The number of carbonyl (C=O) groups excluding carboxylic acids is 1. The Morgan fingerprint density at radius 2 is 1.77 bits per heavy atom. The van der Waals surface area contributed by atoms with Gasteiger partial charge < -0.3 is 5.32 Å². The van der Waals surface area contributed by atoms with Crippen molar-refractivity contribution in [1.82, 2.24) is 25.1 Å². The van der Waals surface area contributed by atoms with E-state index in [-0.39, 0.29) is 10.8 Å². The normalized spacial score (nSPS) is 11.3. The first-order valence-electron chi connectivity index (χ1n) is 7.64. The summed E-state index contributed by atoms with van der Waals surface area (Å²) >= 11 is 0. The lowest BCUT2D eigenvalue weighted by Gasteiger charge is -2.07. The highest BCUT2D eigenvalue weighted by Gasteiger charge is 2.08. The zero-order valence-corrected chi connectivity index (χ0v) is 14.4. The van der Waals surface area contributed by atoms with Crippen molar-refractivity contribution >= 4 is 15.9 Å². The van der Waals surface area contributed by atoms with Crippen LogP contribution in [0.4, 0.5) is 0 Å². The Labute approximate surface area is 149 Å². The molecule has 2 aromatic heterocycles. The van der Waals surface area contributed by atoms with Gasteiger partial charge in [0.1, 0.15) is 18.5 Å². The summed E-state index contributed by atoms with van der Waals surface area (Å²) in [5.41, 5.74) is 1.32. The molecule has 0 aliphatic heterocycles. The number of pyridine rings is 1. The number of sulfonamides is 1. The van der Waals surface area contributed by atoms with Gasteiger partial charge in [-0.2, -0.15) is 0 Å². The second-order valence-electron chi connectivity index (χ2n) is 5.47. The highest BCUT2D eigenvalue weighted by Crippen LogP contribution is 2.09. The van der Waals surface area contributed by atoms with E-state index in [0.29, 0.717) is 24.3 Å². The summed E-state index contributed by atoms with van der Waals surface area (Å²) in [5.74, 6) is 0.371. The molecular weight excluding hydrogens is 356 g/mol. The number of amides is 1. The Kier molecular flexibility index (Phi) is 5.05. The molecule has 0 saturated carbocycles. The third-order valence-corrected chi connectivity index (χ3v) is 4.57. The van der Waals surface area contributed by atoms with Crippen LogP contribution >= 0.6 is 0 Å². The number of aromatic nitrogens is 4. The molecule has 3 N–H and O–H groups in total. The molecule has 0 radical (unpaired) electrons. The maximum atomic E-state index is 12.1. The van der Waals surface area contributed by atoms with Crippen molar-refractivity contribution in [2.45, 2.75) is 11.3 Å². The van der Waals surface area contributed by atoms with E-state index in [0.717, 1.165) is 5.56 Å². The molecule has 0 aliphatic carbocycles. The summed E-state index contributed by atoms with van der Waals surface area (Å²) in [4.78, 5) is 16.4. The summed E-state index contributed by atoms with van der Waals surface area (Å²) in [6.07, 6.45) is 5.07. The Bertz CT molecular complexity index is 983. The second kappa shape index (κ2) is 7.42. The van der Waals surface area contributed by atoms with Crippen molar-refractivity contribution in [1.29, 1.82) is 0 Å². The first-order chi connectivity index (χ1) is 12.4. The van der Waals surface area contributed by atoms with Crippen LogP contribution in [0.1, 0.15) is 15.9 Å². The first kappa shape index (κ1) is 17.7. The van der Waals surface area contributed by atoms with E-state index in [2.05, 4.69) is 20.5 Å². The van der Waals surface area contributed by atoms with Crippen molar-refractivity contribution in [2.24, 2.45) is 5.14 Å². The van der Waals surface area contributed by atoms with Crippen LogP contribution in [-0.2, 0) is 16.4 Å². The molecule has 1 aromatic carbocycles. The Morgan fingerprint density at radius 3 is 2.35 bits per heavy atom. The fourth-order valence-corrected chi connectivity index (χ4v) is 2.78. The van der Waals surface area contributed by atoms with Gasteiger partial charge in [-0.05, 0) is 36.2 Å². The van der Waals surface area contributed by atoms with Gasteiger partial charge in [0.25, 0.3) is 5.91 Å². The quantitative estimate of drug-likeness (QED) is 0.639. The second-order valence-corrected chi connectivity index (χ2v) is 7.03. The van der Waals surface area contributed by atoms with E-state index in [1.807, 2.05) is 0 Å². The average molecular weight is 372 g/mol. The first-order valence-corrected chi connectivity index (χ1v) is 9.19. The minimum Gasteiger partial charge on any atom is -0.352 e. The fraction of sp³-hybridized carbons (Fsp3) is 0.125. The van der Waals surface area contributed by atoms with Gasteiger partial charge in [-0.1, -0.05) is 12.1 Å². The Balaban J connectivity index is 1.54. The molecule has 26 heavy (non-hydrogen) atoms. The van der Waals surface area contributed by atoms with Gasteiger partial charge in [0.15, 0.2) is 0 Å². The third kappa shape index (κ3) is 4.29. The molecule has 0 spiro atoms. The molecule has 9 nitrogen and oxygen atoms in total. The van der Waals surface area contributed by atoms with E-state index < -0.39 is 10.0 Å². The lowest BCUT2D eigenvalue weighted by atomic mass is 10.1. The molecule has 0 bridgehead atoms. The number of primary sulfonamides is 1. The molecule has 10 heteroatoms. The molecule has 0 fully saturated rings. The van der Waals surface area contributed by atoms with Crippen LogP contribution in [0.2, 0.25) is 0 Å². The van der Waals surface area contributed by atoms with Crippen molar-refractivity contribution in [3.63, 3.8) is 0 Å². The van der Waals surface area contributed by atoms with E-state index in [4.69, 9.17) is 5.14 Å². The molecule has 134 valence electrons. The van der Waals surface area contributed by atoms with Crippen molar-refractivity contribution in [3.05, 3.63) is 66.4 Å². The highest BCUT2D eigenvalue weighted by atomic mass is 32.2. The lowest BCUT2D eigenvalue weighted by molar-refractivity contribution is 0.0954. The minimum absolute atomic E-state index is 0.0598. The van der Waals surface area contributed by atoms with Crippen molar-refractivity contribution in [3.8, 4) is 5.82 Å². The smallest absolute Gasteiger partial charge is 0.252 e. The van der Waals surface area contributed by atoms with E-state index in [1.54, 1.807) is 28.8 Å². The zero-order valence-electron chi connectivity index (χ0n) is 13.6. The van der Waals surface area contributed by atoms with Gasteiger partial charge >= 0.3 is 0 Å². The number of nitrogens with two attached hydrogens (primary N) is 1. The van der Waals surface area contributed by atoms with Crippen LogP contribution in [0.3, 0.4) is 0 Å². The molecular formula is C16H16N6O3S. The Morgan fingerprint density at radius 1 is 1.08 bits per heavy atom. The molecule has 2 heterocycles. The van der Waals surface area contributed by atoms with Crippen LogP contribution in [0.5, 0.6) is 0 Å². The van der Waals surface area contributed by atoms with E-state index in [9.17, 15) is 13.2 Å². The largest absolute Gasteiger partial charge is 0.352 e. The van der Waals surface area contributed by atoms with Crippen molar-refractivity contribution in [2.75, 3.05) is 6.54 Å². The maximum Gasteiger partial charge on any atom is 0.252 e. The Hall–Kier alpha value is -3.11. The van der Waals surface area contributed by atoms with Gasteiger partial charge in [-0.25, -0.2) is 18.5 Å². The topological polar surface area (TPSA) is 133 Å². The molecule has 3 rings (SSSR count). The number of hydrogen-bond acceptors (Lipinski definition) is 6. The summed E-state index contributed by atoms with van der Waals surface area (Å²) in [6.45, 7) is 0.404. The number of hydrogen-bond donors (Lipinski definition) is 2. The standard InChI is InChI=1S/C16H16N6O3S/c17-26(24,25)14-4-1-12(2-5-14)7-8-18-16(23)13-3-6-15(19-9-13)22-10-20-21-11-22/h1-6,9-11H,7-8H2,(H,18,23)(H2,17,24,25). The molecule has 0 unspecified atom stereocenters. The summed E-state index contributed by atoms with van der Waals surface area (Å²) in [5, 5.41) is 15.2. The fourth-order valence-electron chi connectivity index (χ4n) is 2.26. The van der Waals surface area contributed by atoms with Gasteiger partial charge in [0.05, 0.1) is 10.5 Å². The number of rotatable bonds is 6. The number of nitrogens with zero attached hydrogens (tertiary/aromatic N) is 4. The molecule has 3 aromatic rings. The van der Waals surface area contributed by atoms with Gasteiger partial charge in [0, 0.05) is 12.7 Å². The maximum absolute atomic E-state index is 12.1. The van der Waals surface area contributed by atoms with Gasteiger partial charge in [-0.15, -0.1) is 10.2 Å². The lowest BCUT2D eigenvalue weighted by Crippen LogP contribution is -2.25. The van der Waals surface area contributed by atoms with Gasteiger partial charge in [-0.3, -0.25) is 9.36 Å². The highest BCUT2D eigenvalue weighted by molar-refractivity contribution is 7.89. The van der Waals surface area contributed by atoms with Crippen molar-refractivity contribution < 1.29 is 13.2 Å². The van der Waals surface area contributed by atoms with Crippen LogP contribution in [0.25, 0.3) is 5.82 Å². The average Bonchev–Trinajstić information content (AvgIpc) is 3.16. The third-order valence-electron chi connectivity index (χ3n) is 3.64. The van der Waals surface area contributed by atoms with E-state index >= 15 is 0 Å². The zero-order chi connectivity index (χ0) is 18.6.